The third kappa shape index (κ3) is 3.67. The van der Waals surface area contributed by atoms with E-state index in [1.807, 2.05) is 49.1 Å². The molecule has 1 amide bonds. The molecule has 0 unspecified atom stereocenters. The molecular weight excluding hydrogens is 272 g/mol. The minimum atomic E-state index is 0.0794. The lowest BCUT2D eigenvalue weighted by Gasteiger charge is -2.22. The van der Waals surface area contributed by atoms with Gasteiger partial charge in [0, 0.05) is 17.9 Å². The van der Waals surface area contributed by atoms with E-state index < -0.39 is 0 Å². The number of likely N-dealkylation sites (N-methyl/N-ethyl adjacent to an activating group) is 1. The van der Waals surface area contributed by atoms with E-state index in [1.165, 1.54) is 0 Å². The lowest BCUT2D eigenvalue weighted by Crippen LogP contribution is -2.35. The largest absolute Gasteiger partial charge is 0.376 e. The Bertz CT molecular complexity index is 644. The maximum absolute atomic E-state index is 12.5. The van der Waals surface area contributed by atoms with Crippen molar-refractivity contribution in [2.75, 3.05) is 23.3 Å². The van der Waals surface area contributed by atoms with Gasteiger partial charge in [0.2, 0.25) is 5.91 Å². The topological polar surface area (TPSA) is 32.3 Å². The van der Waals surface area contributed by atoms with Gasteiger partial charge in [0.15, 0.2) is 0 Å². The first kappa shape index (κ1) is 16.1. The van der Waals surface area contributed by atoms with Crippen molar-refractivity contribution in [1.29, 1.82) is 0 Å². The van der Waals surface area contributed by atoms with E-state index >= 15 is 0 Å². The van der Waals surface area contributed by atoms with E-state index in [2.05, 4.69) is 31.3 Å². The van der Waals surface area contributed by atoms with Crippen molar-refractivity contribution in [2.45, 2.75) is 27.7 Å². The number of nitrogens with zero attached hydrogens (tertiary/aromatic N) is 1. The number of hydrogen-bond acceptors (Lipinski definition) is 2. The highest BCUT2D eigenvalue weighted by atomic mass is 16.2. The van der Waals surface area contributed by atoms with Crippen LogP contribution >= 0.6 is 0 Å². The molecule has 2 rings (SSSR count). The average molecular weight is 296 g/mol. The summed E-state index contributed by atoms with van der Waals surface area (Å²) in [6.45, 7) is 9.11. The molecule has 0 saturated heterocycles. The second kappa shape index (κ2) is 7.12. The number of anilines is 2. The fourth-order valence-electron chi connectivity index (χ4n) is 2.65. The molecule has 0 saturated carbocycles. The molecule has 22 heavy (non-hydrogen) atoms. The van der Waals surface area contributed by atoms with Crippen LogP contribution in [0.1, 0.15) is 23.6 Å². The summed E-state index contributed by atoms with van der Waals surface area (Å²) >= 11 is 0. The summed E-state index contributed by atoms with van der Waals surface area (Å²) in [4.78, 5) is 14.4. The molecule has 0 aliphatic heterocycles. The summed E-state index contributed by atoms with van der Waals surface area (Å²) in [5, 5.41) is 3.29. The highest BCUT2D eigenvalue weighted by Crippen LogP contribution is 2.20. The minimum Gasteiger partial charge on any atom is -0.376 e. The molecule has 0 aromatic heterocycles. The van der Waals surface area contributed by atoms with Crippen molar-refractivity contribution >= 4 is 17.3 Å². The van der Waals surface area contributed by atoms with Crippen LogP contribution in [-0.2, 0) is 4.79 Å². The number of rotatable bonds is 5. The van der Waals surface area contributed by atoms with Crippen molar-refractivity contribution in [3.63, 3.8) is 0 Å². The molecule has 0 radical (unpaired) electrons. The fraction of sp³-hybridized carbons (Fsp3) is 0.316. The zero-order valence-electron chi connectivity index (χ0n) is 13.8. The van der Waals surface area contributed by atoms with Crippen molar-refractivity contribution in [3.8, 4) is 0 Å². The van der Waals surface area contributed by atoms with Crippen molar-refractivity contribution in [3.05, 3.63) is 59.2 Å². The number of carbonyl (C=O) groups is 1. The number of amides is 1. The van der Waals surface area contributed by atoms with Gasteiger partial charge in [-0.3, -0.25) is 4.79 Å². The summed E-state index contributed by atoms with van der Waals surface area (Å²) in [6.07, 6.45) is 0. The quantitative estimate of drug-likeness (QED) is 0.901. The van der Waals surface area contributed by atoms with Crippen LogP contribution in [0, 0.1) is 20.8 Å². The molecule has 0 heterocycles. The van der Waals surface area contributed by atoms with Gasteiger partial charge in [-0.2, -0.15) is 0 Å². The lowest BCUT2D eigenvalue weighted by molar-refractivity contribution is -0.116. The zero-order chi connectivity index (χ0) is 16.1. The minimum absolute atomic E-state index is 0.0794. The summed E-state index contributed by atoms with van der Waals surface area (Å²) in [5.41, 5.74) is 5.48. The van der Waals surface area contributed by atoms with Crippen LogP contribution < -0.4 is 10.2 Å². The molecule has 0 bridgehead atoms. The second-order valence-electron chi connectivity index (χ2n) is 5.60. The van der Waals surface area contributed by atoms with Crippen LogP contribution in [0.4, 0.5) is 11.4 Å². The normalized spacial score (nSPS) is 10.4. The van der Waals surface area contributed by atoms with Crippen LogP contribution in [0.5, 0.6) is 0 Å². The van der Waals surface area contributed by atoms with Crippen LogP contribution in [0.25, 0.3) is 0 Å². The molecule has 3 heteroatoms. The number of aryl methyl sites for hydroxylation is 3. The number of nitrogens with one attached hydrogen (secondary N) is 1. The van der Waals surface area contributed by atoms with Gasteiger partial charge in [0.25, 0.3) is 0 Å². The molecule has 0 aliphatic rings. The highest BCUT2D eigenvalue weighted by Gasteiger charge is 2.14. The lowest BCUT2D eigenvalue weighted by atomic mass is 10.1. The SMILES string of the molecule is CCN(C(=O)CNc1c(C)cccc1C)c1cccc(C)c1. The van der Waals surface area contributed by atoms with Crippen LogP contribution in [-0.4, -0.2) is 19.0 Å². The highest BCUT2D eigenvalue weighted by molar-refractivity contribution is 5.96. The van der Waals surface area contributed by atoms with Crippen molar-refractivity contribution < 1.29 is 4.79 Å². The first-order valence-corrected chi connectivity index (χ1v) is 7.70. The molecular formula is C19H24N2O. The Morgan fingerprint density at radius 2 is 1.68 bits per heavy atom. The van der Waals surface area contributed by atoms with Crippen molar-refractivity contribution in [2.24, 2.45) is 0 Å². The molecule has 3 nitrogen and oxygen atoms in total. The third-order valence-electron chi connectivity index (χ3n) is 3.83. The third-order valence-corrected chi connectivity index (χ3v) is 3.83. The van der Waals surface area contributed by atoms with Gasteiger partial charge in [-0.25, -0.2) is 0 Å². The molecule has 2 aromatic rings. The van der Waals surface area contributed by atoms with Crippen LogP contribution in [0.2, 0.25) is 0 Å². The number of para-hydroxylation sites is 1. The number of carbonyl (C=O) groups excluding carboxylic acids is 1. The van der Waals surface area contributed by atoms with Crippen molar-refractivity contribution in [1.82, 2.24) is 0 Å². The van der Waals surface area contributed by atoms with Gasteiger partial charge in [0.1, 0.15) is 0 Å². The Hall–Kier alpha value is -2.29. The van der Waals surface area contributed by atoms with Gasteiger partial charge >= 0.3 is 0 Å². The smallest absolute Gasteiger partial charge is 0.246 e. The predicted octanol–water partition coefficient (Wildman–Crippen LogP) is 4.08. The Morgan fingerprint density at radius 3 is 2.27 bits per heavy atom. The Kier molecular flexibility index (Phi) is 5.21. The van der Waals surface area contributed by atoms with Gasteiger partial charge < -0.3 is 10.2 Å². The van der Waals surface area contributed by atoms with Crippen LogP contribution in [0.3, 0.4) is 0 Å². The molecule has 1 N–H and O–H groups in total. The zero-order valence-corrected chi connectivity index (χ0v) is 13.8. The molecule has 0 aliphatic carbocycles. The van der Waals surface area contributed by atoms with Gasteiger partial charge in [-0.1, -0.05) is 30.3 Å². The summed E-state index contributed by atoms with van der Waals surface area (Å²) < 4.78 is 0. The average Bonchev–Trinajstić information content (AvgIpc) is 2.47. The molecule has 0 spiro atoms. The Balaban J connectivity index is 2.10. The summed E-state index contributed by atoms with van der Waals surface area (Å²) in [6, 6.07) is 14.2. The van der Waals surface area contributed by atoms with E-state index in [0.717, 1.165) is 28.1 Å². The Labute approximate surface area is 133 Å². The second-order valence-corrected chi connectivity index (χ2v) is 5.60. The summed E-state index contributed by atoms with van der Waals surface area (Å²) in [7, 11) is 0. The van der Waals surface area contributed by atoms with E-state index in [0.29, 0.717) is 13.1 Å². The Morgan fingerprint density at radius 1 is 1.05 bits per heavy atom. The van der Waals surface area contributed by atoms with Gasteiger partial charge in [-0.15, -0.1) is 0 Å². The van der Waals surface area contributed by atoms with E-state index in [9.17, 15) is 4.79 Å². The van der Waals surface area contributed by atoms with E-state index in [4.69, 9.17) is 0 Å². The molecule has 0 fully saturated rings. The maximum Gasteiger partial charge on any atom is 0.246 e. The maximum atomic E-state index is 12.5. The van der Waals surface area contributed by atoms with Gasteiger partial charge in [0.05, 0.1) is 6.54 Å². The number of benzene rings is 2. The van der Waals surface area contributed by atoms with E-state index in [-0.39, 0.29) is 5.91 Å². The monoisotopic (exact) mass is 296 g/mol. The standard InChI is InChI=1S/C19H24N2O/c1-5-21(17-11-6-8-14(2)12-17)18(22)13-20-19-15(3)9-7-10-16(19)4/h6-12,20H,5,13H2,1-4H3. The molecule has 0 atom stereocenters. The number of hydrogen-bond donors (Lipinski definition) is 1. The molecule has 116 valence electrons. The van der Waals surface area contributed by atoms with Crippen LogP contribution in [0.15, 0.2) is 42.5 Å². The first-order chi connectivity index (χ1) is 10.5. The van der Waals surface area contributed by atoms with E-state index in [1.54, 1.807) is 0 Å². The first-order valence-electron chi connectivity index (χ1n) is 7.70. The fourth-order valence-corrected chi connectivity index (χ4v) is 2.65. The predicted molar refractivity (Wildman–Crippen MR) is 93.6 cm³/mol. The molecule has 2 aromatic carbocycles. The summed E-state index contributed by atoms with van der Waals surface area (Å²) in [5.74, 6) is 0.0794. The van der Waals surface area contributed by atoms with Gasteiger partial charge in [-0.05, 0) is 56.5 Å².